The lowest BCUT2D eigenvalue weighted by Crippen LogP contribution is -2.63. The number of benzene rings is 4. The van der Waals surface area contributed by atoms with Crippen LogP contribution in [-0.2, 0) is 22.4 Å². The molecule has 0 saturated carbocycles. The third-order valence-corrected chi connectivity index (χ3v) is 9.30. The summed E-state index contributed by atoms with van der Waals surface area (Å²) in [5.41, 5.74) is 7.89. The van der Waals surface area contributed by atoms with Crippen LogP contribution in [-0.4, -0.2) is 71.9 Å². The minimum atomic E-state index is -0.657. The van der Waals surface area contributed by atoms with Crippen molar-refractivity contribution in [2.45, 2.75) is 71.0 Å². The quantitative estimate of drug-likeness (QED) is 0.0885. The third kappa shape index (κ3) is 9.32. The van der Waals surface area contributed by atoms with Crippen LogP contribution in [0, 0.1) is 11.3 Å². The van der Waals surface area contributed by atoms with Gasteiger partial charge in [-0.1, -0.05) is 98.8 Å². The Kier molecular flexibility index (Phi) is 11.5. The molecule has 1 fully saturated rings. The fourth-order valence-corrected chi connectivity index (χ4v) is 7.04. The zero-order chi connectivity index (χ0) is 33.3. The largest absolute Gasteiger partial charge is 0.370 e. The van der Waals surface area contributed by atoms with Crippen molar-refractivity contribution in [3.63, 3.8) is 0 Å². The first kappa shape index (κ1) is 33.9. The standard InChI is InChI=1S/C39H50N6O2/c1-27(2)21-36-26-45(38(47)37(43-28(3)46)24-30-15-17-32-10-5-7-12-34(32)23-30)35(13-8-19-42-39(40)41)25-44(36)20-18-29-14-16-31-9-4-6-11-33(31)22-29/h4-7,9-12,14-17,22-23,27,35-37H,8,13,18-21,24-26H2,1-3H3,(H,43,46)(H4,40,41,42)/t35-,36+,37-/m0/s1. The van der Waals surface area contributed by atoms with Gasteiger partial charge < -0.3 is 21.3 Å². The van der Waals surface area contributed by atoms with Crippen LogP contribution < -0.4 is 16.4 Å². The molecular formula is C39H50N6O2. The number of hydrogen-bond donors (Lipinski definition) is 4. The molecule has 1 saturated heterocycles. The number of carbonyl (C=O) groups is 2. The Hall–Kier alpha value is -4.43. The second-order valence-corrected chi connectivity index (χ2v) is 13.5. The molecule has 47 heavy (non-hydrogen) atoms. The van der Waals surface area contributed by atoms with E-state index < -0.39 is 6.04 Å². The van der Waals surface area contributed by atoms with Crippen molar-refractivity contribution in [1.29, 1.82) is 5.41 Å². The van der Waals surface area contributed by atoms with Gasteiger partial charge in [0.1, 0.15) is 6.04 Å². The SMILES string of the molecule is CC(=O)N[C@@H](Cc1ccc2ccccc2c1)C(=O)N1C[C@@H](CC(C)C)N(CCc2ccc3ccccc3c2)C[C@@H]1CCCNC(=N)N. The lowest BCUT2D eigenvalue weighted by atomic mass is 9.93. The molecule has 0 aromatic heterocycles. The molecule has 0 unspecified atom stereocenters. The van der Waals surface area contributed by atoms with E-state index >= 15 is 0 Å². The van der Waals surface area contributed by atoms with Crippen LogP contribution in [0.2, 0.25) is 0 Å². The van der Waals surface area contributed by atoms with E-state index in [9.17, 15) is 9.59 Å². The number of hydrogen-bond acceptors (Lipinski definition) is 4. The van der Waals surface area contributed by atoms with Gasteiger partial charge in [-0.05, 0) is 64.3 Å². The molecule has 8 heteroatoms. The van der Waals surface area contributed by atoms with Crippen LogP contribution in [0.3, 0.4) is 0 Å². The van der Waals surface area contributed by atoms with Gasteiger partial charge in [0.05, 0.1) is 0 Å². The summed E-state index contributed by atoms with van der Waals surface area (Å²) in [5.74, 6) is 0.191. The maximum Gasteiger partial charge on any atom is 0.245 e. The average molecular weight is 635 g/mol. The number of amides is 2. The Morgan fingerprint density at radius 1 is 0.872 bits per heavy atom. The van der Waals surface area contributed by atoms with Crippen LogP contribution in [0.5, 0.6) is 0 Å². The van der Waals surface area contributed by atoms with Gasteiger partial charge in [0, 0.05) is 51.6 Å². The van der Waals surface area contributed by atoms with Crippen molar-refractivity contribution in [3.05, 3.63) is 96.1 Å². The second-order valence-electron chi connectivity index (χ2n) is 13.5. The molecule has 5 N–H and O–H groups in total. The van der Waals surface area contributed by atoms with E-state index in [0.29, 0.717) is 25.4 Å². The van der Waals surface area contributed by atoms with E-state index in [1.165, 1.54) is 23.3 Å². The number of fused-ring (bicyclic) bond motifs is 2. The molecule has 0 bridgehead atoms. The maximum absolute atomic E-state index is 14.5. The highest BCUT2D eigenvalue weighted by Crippen LogP contribution is 2.26. The molecule has 0 radical (unpaired) electrons. The number of carbonyl (C=O) groups excluding carboxylic acids is 2. The zero-order valence-electron chi connectivity index (χ0n) is 28.0. The Morgan fingerprint density at radius 2 is 1.49 bits per heavy atom. The summed E-state index contributed by atoms with van der Waals surface area (Å²) in [6.07, 6.45) is 3.89. The van der Waals surface area contributed by atoms with E-state index in [1.807, 2.05) is 12.1 Å². The first-order valence-electron chi connectivity index (χ1n) is 17.0. The van der Waals surface area contributed by atoms with Gasteiger partial charge in [-0.2, -0.15) is 0 Å². The highest BCUT2D eigenvalue weighted by atomic mass is 16.2. The summed E-state index contributed by atoms with van der Waals surface area (Å²) in [6, 6.07) is 29.2. The molecule has 248 valence electrons. The minimum Gasteiger partial charge on any atom is -0.370 e. The third-order valence-electron chi connectivity index (χ3n) is 9.30. The van der Waals surface area contributed by atoms with Gasteiger partial charge in [-0.15, -0.1) is 0 Å². The van der Waals surface area contributed by atoms with E-state index in [4.69, 9.17) is 11.1 Å². The Bertz CT molecular complexity index is 1690. The van der Waals surface area contributed by atoms with E-state index in [2.05, 4.69) is 107 Å². The summed E-state index contributed by atoms with van der Waals surface area (Å²) in [6.45, 7) is 8.84. The lowest BCUT2D eigenvalue weighted by Gasteiger charge is -2.48. The molecular weight excluding hydrogens is 584 g/mol. The summed E-state index contributed by atoms with van der Waals surface area (Å²) in [7, 11) is 0. The van der Waals surface area contributed by atoms with Crippen LogP contribution in [0.25, 0.3) is 21.5 Å². The minimum absolute atomic E-state index is 0.0239. The molecule has 1 aliphatic heterocycles. The number of nitrogens with two attached hydrogens (primary N) is 1. The molecule has 0 spiro atoms. The number of guanidine groups is 1. The first-order chi connectivity index (χ1) is 22.7. The molecule has 2 amide bonds. The lowest BCUT2D eigenvalue weighted by molar-refractivity contribution is -0.142. The fourth-order valence-electron chi connectivity index (χ4n) is 7.04. The fraction of sp³-hybridized carbons (Fsp3) is 0.410. The van der Waals surface area contributed by atoms with Gasteiger partial charge in [0.25, 0.3) is 0 Å². The van der Waals surface area contributed by atoms with Crippen LogP contribution in [0.1, 0.15) is 51.2 Å². The number of rotatable bonds is 13. The van der Waals surface area contributed by atoms with Crippen molar-refractivity contribution in [1.82, 2.24) is 20.4 Å². The van der Waals surface area contributed by atoms with Crippen LogP contribution in [0.15, 0.2) is 84.9 Å². The van der Waals surface area contributed by atoms with Crippen molar-refractivity contribution in [2.75, 3.05) is 26.2 Å². The number of nitrogens with zero attached hydrogens (tertiary/aromatic N) is 2. The molecule has 4 aromatic rings. The van der Waals surface area contributed by atoms with Gasteiger partial charge in [-0.3, -0.25) is 19.9 Å². The van der Waals surface area contributed by atoms with Gasteiger partial charge in [0.15, 0.2) is 5.96 Å². The predicted molar refractivity (Wildman–Crippen MR) is 192 cm³/mol. The van der Waals surface area contributed by atoms with Crippen molar-refractivity contribution in [2.24, 2.45) is 11.7 Å². The van der Waals surface area contributed by atoms with E-state index in [0.717, 1.165) is 55.1 Å². The first-order valence-corrected chi connectivity index (χ1v) is 17.0. The Labute approximate surface area is 279 Å². The predicted octanol–water partition coefficient (Wildman–Crippen LogP) is 5.47. The second kappa shape index (κ2) is 15.9. The van der Waals surface area contributed by atoms with Crippen molar-refractivity contribution < 1.29 is 9.59 Å². The summed E-state index contributed by atoms with van der Waals surface area (Å²) in [5, 5.41) is 18.3. The van der Waals surface area contributed by atoms with Crippen molar-refractivity contribution in [3.8, 4) is 0 Å². The highest BCUT2D eigenvalue weighted by molar-refractivity contribution is 5.88. The van der Waals surface area contributed by atoms with Crippen LogP contribution >= 0.6 is 0 Å². The summed E-state index contributed by atoms with van der Waals surface area (Å²) in [4.78, 5) is 31.6. The van der Waals surface area contributed by atoms with E-state index in [-0.39, 0.29) is 29.9 Å². The van der Waals surface area contributed by atoms with Crippen LogP contribution in [0.4, 0.5) is 0 Å². The molecule has 0 aliphatic carbocycles. The smallest absolute Gasteiger partial charge is 0.245 e. The van der Waals surface area contributed by atoms with E-state index in [1.54, 1.807) is 0 Å². The van der Waals surface area contributed by atoms with Gasteiger partial charge in [-0.25, -0.2) is 0 Å². The molecule has 5 rings (SSSR count). The maximum atomic E-state index is 14.5. The number of piperazine rings is 1. The normalized spacial score (nSPS) is 17.6. The monoisotopic (exact) mass is 634 g/mol. The topological polar surface area (TPSA) is 115 Å². The summed E-state index contributed by atoms with van der Waals surface area (Å²) < 4.78 is 0. The van der Waals surface area contributed by atoms with Crippen molar-refractivity contribution >= 4 is 39.3 Å². The Balaban J connectivity index is 1.38. The zero-order valence-corrected chi connectivity index (χ0v) is 28.0. The molecule has 1 aliphatic rings. The molecule has 8 nitrogen and oxygen atoms in total. The summed E-state index contributed by atoms with van der Waals surface area (Å²) >= 11 is 0. The van der Waals surface area contributed by atoms with Gasteiger partial charge in [0.2, 0.25) is 11.8 Å². The van der Waals surface area contributed by atoms with Gasteiger partial charge >= 0.3 is 0 Å². The molecule has 1 heterocycles. The molecule has 4 aromatic carbocycles. The molecule has 3 atom stereocenters. The highest BCUT2D eigenvalue weighted by Gasteiger charge is 2.38. The average Bonchev–Trinajstić information content (AvgIpc) is 3.05. The number of nitrogens with one attached hydrogen (secondary N) is 3. The Morgan fingerprint density at radius 3 is 2.11 bits per heavy atom.